The summed E-state index contributed by atoms with van der Waals surface area (Å²) < 4.78 is 21.6. The lowest BCUT2D eigenvalue weighted by Gasteiger charge is -2.22. The summed E-state index contributed by atoms with van der Waals surface area (Å²) in [5.74, 6) is 0.0477. The number of primary amides is 1. The van der Waals surface area contributed by atoms with Crippen LogP contribution in [0, 0.1) is 12.7 Å². The van der Waals surface area contributed by atoms with Crippen molar-refractivity contribution in [1.82, 2.24) is 15.0 Å². The Bertz CT molecular complexity index is 1710. The fourth-order valence-corrected chi connectivity index (χ4v) is 4.93. The number of aromatic amines is 1. The van der Waals surface area contributed by atoms with Crippen LogP contribution in [0.5, 0.6) is 5.75 Å². The summed E-state index contributed by atoms with van der Waals surface area (Å²) in [6.07, 6.45) is 4.04. The number of anilines is 2. The lowest BCUT2D eigenvalue weighted by atomic mass is 9.98. The molecule has 0 aliphatic heterocycles. The van der Waals surface area contributed by atoms with Gasteiger partial charge in [0.15, 0.2) is 11.6 Å². The van der Waals surface area contributed by atoms with Crippen LogP contribution in [0.4, 0.5) is 15.9 Å². The summed E-state index contributed by atoms with van der Waals surface area (Å²) in [5.41, 5.74) is 16.1. The van der Waals surface area contributed by atoms with Crippen LogP contribution in [0.1, 0.15) is 52.8 Å². The number of carbonyl (C=O) groups excluding carboxylic acids is 1. The van der Waals surface area contributed by atoms with E-state index < -0.39 is 17.8 Å². The molecule has 3 aromatic carbocycles. The van der Waals surface area contributed by atoms with E-state index in [0.717, 1.165) is 27.6 Å². The Morgan fingerprint density at radius 1 is 1.15 bits per heavy atom. The van der Waals surface area contributed by atoms with Crippen LogP contribution in [-0.2, 0) is 6.42 Å². The Balaban J connectivity index is 1.66. The van der Waals surface area contributed by atoms with Gasteiger partial charge in [-0.25, -0.2) is 14.4 Å². The van der Waals surface area contributed by atoms with Crippen LogP contribution in [0.25, 0.3) is 22.0 Å². The molecule has 0 bridgehead atoms. The first-order valence-corrected chi connectivity index (χ1v) is 13.1. The number of ether oxygens (including phenoxy) is 1. The quantitative estimate of drug-likeness (QED) is 0.184. The van der Waals surface area contributed by atoms with Crippen molar-refractivity contribution in [3.63, 3.8) is 0 Å². The van der Waals surface area contributed by atoms with Crippen LogP contribution >= 0.6 is 0 Å². The number of hydrogen-bond acceptors (Lipinski definition) is 6. The van der Waals surface area contributed by atoms with Crippen molar-refractivity contribution in [2.24, 2.45) is 5.73 Å². The third kappa shape index (κ3) is 5.05. The highest BCUT2D eigenvalue weighted by Crippen LogP contribution is 2.35. The Morgan fingerprint density at radius 2 is 1.98 bits per heavy atom. The third-order valence-electron chi connectivity index (χ3n) is 6.92. The summed E-state index contributed by atoms with van der Waals surface area (Å²) in [4.78, 5) is 24.4. The lowest BCUT2D eigenvalue weighted by molar-refractivity contribution is 0.100. The van der Waals surface area contributed by atoms with Crippen LogP contribution in [-0.4, -0.2) is 27.5 Å². The first-order chi connectivity index (χ1) is 19.3. The van der Waals surface area contributed by atoms with Gasteiger partial charge in [0, 0.05) is 40.2 Å². The highest BCUT2D eigenvalue weighted by molar-refractivity contribution is 6.00. The monoisotopic (exact) mass is 538 g/mol. The van der Waals surface area contributed by atoms with Crippen molar-refractivity contribution in [1.29, 1.82) is 0 Å². The molecular formula is C31H31FN6O2. The number of pyridine rings is 1. The average Bonchev–Trinajstić information content (AvgIpc) is 3.42. The number of H-pyrrole nitrogens is 1. The normalized spacial score (nSPS) is 11.9. The molecule has 1 atom stereocenters. The van der Waals surface area contributed by atoms with Gasteiger partial charge >= 0.3 is 0 Å². The minimum atomic E-state index is -0.725. The second-order valence-corrected chi connectivity index (χ2v) is 9.53. The summed E-state index contributed by atoms with van der Waals surface area (Å²) in [7, 11) is 0. The van der Waals surface area contributed by atoms with Crippen molar-refractivity contribution in [2.75, 3.05) is 17.7 Å². The Kier molecular flexibility index (Phi) is 7.37. The number of imidazole rings is 1. The fourth-order valence-electron chi connectivity index (χ4n) is 4.93. The van der Waals surface area contributed by atoms with Gasteiger partial charge in [-0.3, -0.25) is 4.79 Å². The summed E-state index contributed by atoms with van der Waals surface area (Å²) in [6.45, 7) is 6.04. The van der Waals surface area contributed by atoms with E-state index in [9.17, 15) is 4.79 Å². The van der Waals surface area contributed by atoms with Gasteiger partial charge in [-0.15, -0.1) is 0 Å². The molecule has 204 valence electrons. The zero-order chi connectivity index (χ0) is 28.4. The van der Waals surface area contributed by atoms with Gasteiger partial charge < -0.3 is 26.5 Å². The molecule has 8 nitrogen and oxygen atoms in total. The van der Waals surface area contributed by atoms with E-state index in [4.69, 9.17) is 21.2 Å². The second-order valence-electron chi connectivity index (χ2n) is 9.53. The van der Waals surface area contributed by atoms with Gasteiger partial charge in [0.1, 0.15) is 17.7 Å². The number of amides is 1. The molecule has 0 fully saturated rings. The number of nitrogens with one attached hydrogen (secondary N) is 2. The number of carbonyl (C=O) groups is 1. The zero-order valence-electron chi connectivity index (χ0n) is 22.6. The molecule has 0 saturated heterocycles. The molecule has 6 N–H and O–H groups in total. The molecule has 5 aromatic rings. The molecule has 0 spiro atoms. The van der Waals surface area contributed by atoms with Crippen molar-refractivity contribution >= 4 is 28.2 Å². The van der Waals surface area contributed by atoms with Gasteiger partial charge in [-0.05, 0) is 73.2 Å². The molecular weight excluding hydrogens is 507 g/mol. The number of aromatic nitrogens is 3. The van der Waals surface area contributed by atoms with Crippen molar-refractivity contribution in [3.05, 3.63) is 101 Å². The highest BCUT2D eigenvalue weighted by atomic mass is 19.1. The zero-order valence-corrected chi connectivity index (χ0v) is 22.6. The minimum absolute atomic E-state index is 0.183. The number of benzene rings is 3. The fraction of sp³-hybridized carbons (Fsp3) is 0.194. The second kappa shape index (κ2) is 11.1. The Labute approximate surface area is 231 Å². The number of rotatable bonds is 9. The van der Waals surface area contributed by atoms with Crippen molar-refractivity contribution in [3.8, 4) is 17.0 Å². The maximum absolute atomic E-state index is 16.0. The van der Waals surface area contributed by atoms with Gasteiger partial charge in [0.05, 0.1) is 12.3 Å². The molecule has 1 amide bonds. The van der Waals surface area contributed by atoms with E-state index in [-0.39, 0.29) is 5.75 Å². The van der Waals surface area contributed by atoms with Crippen LogP contribution in [0.3, 0.4) is 0 Å². The maximum Gasteiger partial charge on any atom is 0.249 e. The predicted octanol–water partition coefficient (Wildman–Crippen LogP) is 5.92. The highest BCUT2D eigenvalue weighted by Gasteiger charge is 2.26. The molecule has 2 heterocycles. The maximum atomic E-state index is 16.0. The first-order valence-electron chi connectivity index (χ1n) is 13.1. The van der Waals surface area contributed by atoms with Gasteiger partial charge in [-0.1, -0.05) is 25.1 Å². The largest absolute Gasteiger partial charge is 0.491 e. The van der Waals surface area contributed by atoms with E-state index in [1.165, 1.54) is 0 Å². The third-order valence-corrected chi connectivity index (χ3v) is 6.92. The van der Waals surface area contributed by atoms with E-state index in [2.05, 4.69) is 15.3 Å². The van der Waals surface area contributed by atoms with Crippen molar-refractivity contribution in [2.45, 2.75) is 33.2 Å². The molecule has 0 saturated carbocycles. The van der Waals surface area contributed by atoms with Crippen LogP contribution in [0.15, 0.2) is 67.0 Å². The summed E-state index contributed by atoms with van der Waals surface area (Å²) in [5, 5.41) is 5.17. The van der Waals surface area contributed by atoms with Crippen molar-refractivity contribution < 1.29 is 13.9 Å². The smallest absolute Gasteiger partial charge is 0.249 e. The van der Waals surface area contributed by atoms with E-state index in [1.54, 1.807) is 30.6 Å². The number of fused-ring (bicyclic) bond motifs is 1. The molecule has 0 radical (unpaired) electrons. The summed E-state index contributed by atoms with van der Waals surface area (Å²) >= 11 is 0. The predicted molar refractivity (Wildman–Crippen MR) is 156 cm³/mol. The number of hydrogen-bond donors (Lipinski definition) is 4. The number of halogens is 1. The number of aryl methyl sites for hydroxylation is 2. The number of nitrogen functional groups attached to an aromatic ring is 1. The average molecular weight is 539 g/mol. The molecule has 1 unspecified atom stereocenters. The van der Waals surface area contributed by atoms with Gasteiger partial charge in [0.2, 0.25) is 5.91 Å². The standard InChI is InChI=1S/C31H31FN6O2/c1-4-18-13-23(27(32)25(14-18)40-5-2)28(37-20-9-10-21-19(15-20)11-12-35-29(21)33)31-36-16-24(38-31)26-17(3)7-6-8-22(26)30(34)39/h6-16,28,37H,4-5H2,1-3H3,(H2,33,35)(H2,34,39)(H,36,38). The topological polar surface area (TPSA) is 132 Å². The molecule has 0 aliphatic rings. The number of nitrogens with two attached hydrogens (primary N) is 2. The number of nitrogens with zero attached hydrogens (tertiary/aromatic N) is 2. The van der Waals surface area contributed by atoms with Crippen LogP contribution < -0.4 is 21.5 Å². The molecule has 5 rings (SSSR count). The Hall–Kier alpha value is -4.92. The molecule has 9 heteroatoms. The summed E-state index contributed by atoms with van der Waals surface area (Å²) in [6, 6.07) is 15.7. The Morgan fingerprint density at radius 3 is 2.73 bits per heavy atom. The van der Waals surface area contributed by atoms with E-state index >= 15 is 4.39 Å². The molecule has 0 aliphatic carbocycles. The van der Waals surface area contributed by atoms with E-state index in [1.807, 2.05) is 57.2 Å². The molecule has 40 heavy (non-hydrogen) atoms. The minimum Gasteiger partial charge on any atom is -0.491 e. The first kappa shape index (κ1) is 26.7. The molecule has 2 aromatic heterocycles. The van der Waals surface area contributed by atoms with Gasteiger partial charge in [0.25, 0.3) is 0 Å². The SMILES string of the molecule is CCOc1cc(CC)cc(C(Nc2ccc3c(N)nccc3c2)c2nc(-c3c(C)cccc3C(N)=O)c[nH]2)c1F. The van der Waals surface area contributed by atoms with Gasteiger partial charge in [-0.2, -0.15) is 0 Å². The van der Waals surface area contributed by atoms with Crippen LogP contribution in [0.2, 0.25) is 0 Å². The lowest BCUT2D eigenvalue weighted by Crippen LogP contribution is -2.17. The van der Waals surface area contributed by atoms with E-state index in [0.29, 0.717) is 47.1 Å².